The van der Waals surface area contributed by atoms with E-state index in [1.807, 2.05) is 13.8 Å². The number of phenolic OH excluding ortho intramolecular Hbond substituents is 1. The number of nitrogens with zero attached hydrogens (tertiary/aromatic N) is 1. The van der Waals surface area contributed by atoms with Gasteiger partial charge in [0.25, 0.3) is 16.8 Å². The van der Waals surface area contributed by atoms with Gasteiger partial charge in [0.2, 0.25) is 0 Å². The minimum absolute atomic E-state index is 0.0262. The molecule has 2 aromatic carbocycles. The van der Waals surface area contributed by atoms with Gasteiger partial charge in [-0.1, -0.05) is 13.0 Å². The first-order valence-electron chi connectivity index (χ1n) is 9.80. The lowest BCUT2D eigenvalue weighted by Gasteiger charge is -2.26. The maximum Gasteiger partial charge on any atom is 0.257 e. The molecule has 1 fully saturated rings. The summed E-state index contributed by atoms with van der Waals surface area (Å²) >= 11 is 0. The molecule has 29 heavy (non-hydrogen) atoms. The lowest BCUT2D eigenvalue weighted by Crippen LogP contribution is -2.42. The van der Waals surface area contributed by atoms with Gasteiger partial charge >= 0.3 is 0 Å². The first-order valence-corrected chi connectivity index (χ1v) is 9.80. The van der Waals surface area contributed by atoms with E-state index in [0.717, 1.165) is 19.3 Å². The van der Waals surface area contributed by atoms with Gasteiger partial charge in [-0.05, 0) is 38.3 Å². The molecular weight excluding hydrogens is 374 g/mol. The van der Waals surface area contributed by atoms with Gasteiger partial charge < -0.3 is 25.4 Å². The van der Waals surface area contributed by atoms with Crippen molar-refractivity contribution in [2.45, 2.75) is 51.4 Å². The number of para-hydroxylation sites is 1. The van der Waals surface area contributed by atoms with E-state index < -0.39 is 10.9 Å². The Morgan fingerprint density at radius 1 is 1.24 bits per heavy atom. The molecule has 8 nitrogen and oxygen atoms in total. The summed E-state index contributed by atoms with van der Waals surface area (Å²) < 4.78 is 5.90. The van der Waals surface area contributed by atoms with E-state index in [1.54, 1.807) is 26.2 Å². The van der Waals surface area contributed by atoms with Gasteiger partial charge in [-0.3, -0.25) is 14.4 Å². The fourth-order valence-corrected chi connectivity index (χ4v) is 3.61. The van der Waals surface area contributed by atoms with Crippen LogP contribution < -0.4 is 21.5 Å². The molecule has 3 N–H and O–H groups in total. The third-order valence-corrected chi connectivity index (χ3v) is 5.33. The van der Waals surface area contributed by atoms with Crippen molar-refractivity contribution in [2.24, 2.45) is 0 Å². The van der Waals surface area contributed by atoms with Gasteiger partial charge in [0.15, 0.2) is 5.75 Å². The van der Waals surface area contributed by atoms with E-state index in [2.05, 4.69) is 10.6 Å². The van der Waals surface area contributed by atoms with Crippen molar-refractivity contribution in [1.82, 2.24) is 4.90 Å². The predicted octanol–water partition coefficient (Wildman–Crippen LogP) is 2.19. The monoisotopic (exact) mass is 401 g/mol. The zero-order chi connectivity index (χ0) is 21.3. The zero-order valence-electron chi connectivity index (χ0n) is 17.1. The first-order chi connectivity index (χ1) is 13.7. The van der Waals surface area contributed by atoms with E-state index in [9.17, 15) is 19.5 Å². The average Bonchev–Trinajstić information content (AvgIpc) is 3.13. The Kier molecular flexibility index (Phi) is 5.93. The van der Waals surface area contributed by atoms with Crippen LogP contribution in [0.3, 0.4) is 0 Å². The standard InChI is InChI=1S/C21H27N3O5/c1-5-13(15-10-9-11(2)29-15)22-16-17(20(27)19(16)26)23-14-8-6-7-12(18(14)25)21(28)24(3)4/h6-8,11,13,15,22-23,25H,5,9-10H2,1-4H3/t11-,13-,15-/m1/s1. The summed E-state index contributed by atoms with van der Waals surface area (Å²) in [5.41, 5.74) is -0.693. The molecule has 8 heteroatoms. The highest BCUT2D eigenvalue weighted by atomic mass is 16.5. The summed E-state index contributed by atoms with van der Waals surface area (Å²) in [6.07, 6.45) is 2.73. The van der Waals surface area contributed by atoms with Crippen molar-refractivity contribution in [3.05, 3.63) is 44.2 Å². The van der Waals surface area contributed by atoms with Gasteiger partial charge in [-0.25, -0.2) is 0 Å². The maximum atomic E-state index is 12.2. The van der Waals surface area contributed by atoms with E-state index >= 15 is 0 Å². The summed E-state index contributed by atoms with van der Waals surface area (Å²) in [7, 11) is 3.16. The highest BCUT2D eigenvalue weighted by Crippen LogP contribution is 2.33. The second-order valence-corrected chi connectivity index (χ2v) is 7.66. The third kappa shape index (κ3) is 3.98. The van der Waals surface area contributed by atoms with Gasteiger partial charge in [-0.2, -0.15) is 0 Å². The number of hydrogen-bond donors (Lipinski definition) is 3. The van der Waals surface area contributed by atoms with Crippen molar-refractivity contribution < 1.29 is 14.6 Å². The molecule has 3 rings (SSSR count). The van der Waals surface area contributed by atoms with Crippen molar-refractivity contribution in [1.29, 1.82) is 0 Å². The van der Waals surface area contributed by atoms with Crippen LogP contribution >= 0.6 is 0 Å². The Balaban J connectivity index is 1.84. The molecule has 0 radical (unpaired) electrons. The molecule has 0 unspecified atom stereocenters. The minimum Gasteiger partial charge on any atom is -0.505 e. The van der Waals surface area contributed by atoms with Gasteiger partial charge in [0.05, 0.1) is 29.5 Å². The minimum atomic E-state index is -0.660. The number of aromatic hydroxyl groups is 1. The maximum absolute atomic E-state index is 12.2. The van der Waals surface area contributed by atoms with Crippen LogP contribution in [0.25, 0.3) is 0 Å². The van der Waals surface area contributed by atoms with E-state index in [0.29, 0.717) is 0 Å². The Morgan fingerprint density at radius 2 is 1.93 bits per heavy atom. The third-order valence-electron chi connectivity index (χ3n) is 5.33. The summed E-state index contributed by atoms with van der Waals surface area (Å²) in [5, 5.41) is 16.5. The van der Waals surface area contributed by atoms with Crippen LogP contribution in [0.5, 0.6) is 5.75 Å². The molecule has 0 saturated carbocycles. The second kappa shape index (κ2) is 8.24. The molecule has 0 spiro atoms. The second-order valence-electron chi connectivity index (χ2n) is 7.66. The molecule has 1 saturated heterocycles. The largest absolute Gasteiger partial charge is 0.505 e. The predicted molar refractivity (Wildman–Crippen MR) is 112 cm³/mol. The van der Waals surface area contributed by atoms with Crippen molar-refractivity contribution in [2.75, 3.05) is 24.7 Å². The Morgan fingerprint density at radius 3 is 2.52 bits per heavy atom. The lowest BCUT2D eigenvalue weighted by atomic mass is 10.0. The van der Waals surface area contributed by atoms with Crippen LogP contribution in [0.4, 0.5) is 17.1 Å². The molecule has 2 aromatic rings. The fraction of sp³-hybridized carbons (Fsp3) is 0.476. The molecule has 0 aromatic heterocycles. The van der Waals surface area contributed by atoms with E-state index in [1.165, 1.54) is 11.0 Å². The summed E-state index contributed by atoms with van der Waals surface area (Å²) in [4.78, 5) is 37.9. The van der Waals surface area contributed by atoms with Crippen molar-refractivity contribution in [3.8, 4) is 5.75 Å². The highest BCUT2D eigenvalue weighted by molar-refractivity contribution is 5.99. The van der Waals surface area contributed by atoms with Crippen molar-refractivity contribution >= 4 is 23.0 Å². The highest BCUT2D eigenvalue weighted by Gasteiger charge is 2.32. The fourth-order valence-electron chi connectivity index (χ4n) is 3.61. The SMILES string of the molecule is CC[C@@H](Nc1c(Nc2cccc(C(=O)N(C)C)c2O)c(=O)c1=O)[C@H]1CC[C@@H](C)O1. The summed E-state index contributed by atoms with van der Waals surface area (Å²) in [5.74, 6) is -0.641. The van der Waals surface area contributed by atoms with Crippen LogP contribution in [0.1, 0.15) is 43.5 Å². The molecule has 0 aliphatic carbocycles. The number of nitrogens with one attached hydrogen (secondary N) is 2. The Bertz CT molecular complexity index is 977. The number of phenols is 1. The molecule has 156 valence electrons. The number of rotatable bonds is 7. The molecule has 1 aliphatic rings. The quantitative estimate of drug-likeness (QED) is 0.482. The number of benzene rings is 1. The lowest BCUT2D eigenvalue weighted by molar-refractivity contribution is 0.0438. The molecule has 1 aliphatic heterocycles. The van der Waals surface area contributed by atoms with Crippen LogP contribution in [0, 0.1) is 0 Å². The molecule has 0 bridgehead atoms. The number of carbonyl (C=O) groups excluding carboxylic acids is 1. The summed E-state index contributed by atoms with van der Waals surface area (Å²) in [6.45, 7) is 4.01. The number of ether oxygens (including phenoxy) is 1. The number of anilines is 3. The van der Waals surface area contributed by atoms with Crippen LogP contribution in [-0.4, -0.2) is 48.3 Å². The van der Waals surface area contributed by atoms with Crippen LogP contribution in [0.2, 0.25) is 0 Å². The number of hydrogen-bond acceptors (Lipinski definition) is 7. The number of amides is 1. The van der Waals surface area contributed by atoms with Gasteiger partial charge in [-0.15, -0.1) is 0 Å². The Hall–Kier alpha value is -2.87. The van der Waals surface area contributed by atoms with Crippen LogP contribution in [-0.2, 0) is 4.74 Å². The molecular formula is C21H27N3O5. The topological polar surface area (TPSA) is 108 Å². The van der Waals surface area contributed by atoms with Gasteiger partial charge in [0, 0.05) is 14.1 Å². The van der Waals surface area contributed by atoms with E-state index in [4.69, 9.17) is 4.74 Å². The average molecular weight is 401 g/mol. The normalized spacial score (nSPS) is 19.9. The Labute approximate surface area is 169 Å². The van der Waals surface area contributed by atoms with E-state index in [-0.39, 0.29) is 52.5 Å². The summed E-state index contributed by atoms with van der Waals surface area (Å²) in [6, 6.07) is 4.54. The van der Waals surface area contributed by atoms with Crippen LogP contribution in [0.15, 0.2) is 27.8 Å². The zero-order valence-corrected chi connectivity index (χ0v) is 17.1. The number of carbonyl (C=O) groups is 1. The molecule has 1 heterocycles. The molecule has 3 atom stereocenters. The smallest absolute Gasteiger partial charge is 0.257 e. The molecule has 1 amide bonds. The first kappa shape index (κ1) is 20.9. The van der Waals surface area contributed by atoms with Gasteiger partial charge in [0.1, 0.15) is 11.4 Å². The van der Waals surface area contributed by atoms with Crippen molar-refractivity contribution in [3.63, 3.8) is 0 Å².